The van der Waals surface area contributed by atoms with E-state index in [-0.39, 0.29) is 5.41 Å². The Balaban J connectivity index is 1.27. The molecule has 0 radical (unpaired) electrons. The molecule has 2 aromatic heterocycles. The van der Waals surface area contributed by atoms with Gasteiger partial charge in [0, 0.05) is 37.0 Å². The minimum atomic E-state index is -3.51. The fourth-order valence-electron chi connectivity index (χ4n) is 5.32. The highest BCUT2D eigenvalue weighted by Gasteiger charge is 2.33. The van der Waals surface area contributed by atoms with Crippen LogP contribution in [0.3, 0.4) is 0 Å². The Kier molecular flexibility index (Phi) is 5.69. The molecular weight excluding hydrogens is 476 g/mol. The molecule has 0 N–H and O–H groups in total. The number of sulfonamides is 1. The van der Waals surface area contributed by atoms with Gasteiger partial charge >= 0.3 is 0 Å². The number of nitrogens with zero attached hydrogens (tertiary/aromatic N) is 4. The lowest BCUT2D eigenvalue weighted by Crippen LogP contribution is -2.49. The van der Waals surface area contributed by atoms with Gasteiger partial charge in [0.25, 0.3) is 0 Å². The lowest BCUT2D eigenvalue weighted by molar-refractivity contribution is 0.384. The maximum absolute atomic E-state index is 13.4. The van der Waals surface area contributed by atoms with Crippen molar-refractivity contribution in [1.29, 1.82) is 0 Å². The summed E-state index contributed by atoms with van der Waals surface area (Å²) in [6.45, 7) is 8.66. The van der Waals surface area contributed by atoms with Crippen LogP contribution in [0.25, 0.3) is 10.2 Å². The second-order valence-electron chi connectivity index (χ2n) is 11.2. The van der Waals surface area contributed by atoms with Gasteiger partial charge in [0.2, 0.25) is 10.0 Å². The maximum Gasteiger partial charge on any atom is 0.243 e. The number of thiophene rings is 1. The summed E-state index contributed by atoms with van der Waals surface area (Å²) < 4.78 is 28.4. The maximum atomic E-state index is 13.4. The first-order valence-electron chi connectivity index (χ1n) is 12.9. The van der Waals surface area contributed by atoms with Gasteiger partial charge in [0.1, 0.15) is 16.5 Å². The van der Waals surface area contributed by atoms with Crippen molar-refractivity contribution >= 4 is 37.4 Å². The summed E-state index contributed by atoms with van der Waals surface area (Å²) in [5, 5.41) is 1.24. The minimum absolute atomic E-state index is 0.00301. The molecule has 1 saturated carbocycles. The summed E-state index contributed by atoms with van der Waals surface area (Å²) in [7, 11) is -3.51. The van der Waals surface area contributed by atoms with Crippen LogP contribution in [0.4, 0.5) is 5.82 Å². The van der Waals surface area contributed by atoms with E-state index in [1.807, 2.05) is 23.5 Å². The van der Waals surface area contributed by atoms with Crippen molar-refractivity contribution in [2.75, 3.05) is 31.1 Å². The summed E-state index contributed by atoms with van der Waals surface area (Å²) in [6.07, 6.45) is 7.09. The molecule has 3 heterocycles. The molecule has 8 heteroatoms. The molecule has 0 atom stereocenters. The molecule has 0 bridgehead atoms. The molecule has 2 fully saturated rings. The van der Waals surface area contributed by atoms with Crippen LogP contribution in [0.5, 0.6) is 0 Å². The highest BCUT2D eigenvalue weighted by Crippen LogP contribution is 2.44. The van der Waals surface area contributed by atoms with E-state index in [0.717, 1.165) is 34.9 Å². The average molecular weight is 511 g/mol. The van der Waals surface area contributed by atoms with Crippen LogP contribution in [0, 0.1) is 0 Å². The fourth-order valence-corrected chi connectivity index (χ4v) is 8.01. The van der Waals surface area contributed by atoms with Gasteiger partial charge in [-0.2, -0.15) is 4.31 Å². The molecule has 0 amide bonds. The van der Waals surface area contributed by atoms with E-state index in [1.54, 1.807) is 16.4 Å². The lowest BCUT2D eigenvalue weighted by atomic mass is 9.87. The number of piperazine rings is 1. The van der Waals surface area contributed by atoms with Crippen LogP contribution in [0.15, 0.2) is 29.2 Å². The Morgan fingerprint density at radius 2 is 1.63 bits per heavy atom. The summed E-state index contributed by atoms with van der Waals surface area (Å²) in [5.74, 6) is 2.53. The molecule has 3 aromatic rings. The SMILES string of the molecule is CC(C)(C)c1ccc(S(=O)(=O)N2CCN(c3nc(C4CC4)nc4sc5c(c34)CCCC5)CC2)cc1. The van der Waals surface area contributed by atoms with Crippen LogP contribution in [0.1, 0.15) is 74.2 Å². The first kappa shape index (κ1) is 23.4. The number of fused-ring (bicyclic) bond motifs is 3. The molecule has 35 heavy (non-hydrogen) atoms. The molecule has 1 saturated heterocycles. The number of aromatic nitrogens is 2. The molecule has 2 aliphatic carbocycles. The zero-order valence-corrected chi connectivity index (χ0v) is 22.5. The van der Waals surface area contributed by atoms with E-state index in [9.17, 15) is 8.42 Å². The highest BCUT2D eigenvalue weighted by atomic mass is 32.2. The van der Waals surface area contributed by atoms with Crippen molar-refractivity contribution in [2.24, 2.45) is 0 Å². The number of benzene rings is 1. The second kappa shape index (κ2) is 8.53. The lowest BCUT2D eigenvalue weighted by Gasteiger charge is -2.35. The van der Waals surface area contributed by atoms with Crippen LogP contribution in [0.2, 0.25) is 0 Å². The van der Waals surface area contributed by atoms with E-state index < -0.39 is 10.0 Å². The summed E-state index contributed by atoms with van der Waals surface area (Å²) >= 11 is 1.86. The van der Waals surface area contributed by atoms with E-state index >= 15 is 0 Å². The third-order valence-electron chi connectivity index (χ3n) is 7.65. The topological polar surface area (TPSA) is 66.4 Å². The Hall–Kier alpha value is -2.03. The molecular formula is C27H34N4O2S2. The van der Waals surface area contributed by atoms with E-state index in [1.165, 1.54) is 41.5 Å². The van der Waals surface area contributed by atoms with Crippen molar-refractivity contribution in [3.8, 4) is 0 Å². The predicted molar refractivity (Wildman–Crippen MR) is 142 cm³/mol. The number of hydrogen-bond donors (Lipinski definition) is 0. The molecule has 186 valence electrons. The summed E-state index contributed by atoms with van der Waals surface area (Å²) in [4.78, 5) is 15.4. The van der Waals surface area contributed by atoms with Gasteiger partial charge in [-0.25, -0.2) is 18.4 Å². The van der Waals surface area contributed by atoms with E-state index in [0.29, 0.717) is 37.0 Å². The normalized spacial score (nSPS) is 19.8. The van der Waals surface area contributed by atoms with Crippen molar-refractivity contribution in [1.82, 2.24) is 14.3 Å². The second-order valence-corrected chi connectivity index (χ2v) is 14.3. The number of rotatable bonds is 4. The Labute approximate surface area is 212 Å². The summed E-state index contributed by atoms with van der Waals surface area (Å²) in [5.41, 5.74) is 2.58. The Morgan fingerprint density at radius 3 is 2.29 bits per heavy atom. The van der Waals surface area contributed by atoms with Gasteiger partial charge in [-0.3, -0.25) is 0 Å². The molecule has 0 unspecified atom stereocenters. The van der Waals surface area contributed by atoms with Crippen LogP contribution >= 0.6 is 11.3 Å². The van der Waals surface area contributed by atoms with Crippen molar-refractivity contribution in [3.63, 3.8) is 0 Å². The van der Waals surface area contributed by atoms with E-state index in [4.69, 9.17) is 9.97 Å². The Morgan fingerprint density at radius 1 is 0.943 bits per heavy atom. The fraction of sp³-hybridized carbons (Fsp3) is 0.556. The van der Waals surface area contributed by atoms with Gasteiger partial charge in [-0.15, -0.1) is 11.3 Å². The zero-order chi connectivity index (χ0) is 24.4. The number of hydrogen-bond acceptors (Lipinski definition) is 6. The van der Waals surface area contributed by atoms with Gasteiger partial charge in [0.15, 0.2) is 0 Å². The monoisotopic (exact) mass is 510 g/mol. The highest BCUT2D eigenvalue weighted by molar-refractivity contribution is 7.89. The van der Waals surface area contributed by atoms with E-state index in [2.05, 4.69) is 25.7 Å². The molecule has 1 aliphatic heterocycles. The number of anilines is 1. The largest absolute Gasteiger partial charge is 0.353 e. The third kappa shape index (κ3) is 4.27. The van der Waals surface area contributed by atoms with Crippen molar-refractivity contribution < 1.29 is 8.42 Å². The minimum Gasteiger partial charge on any atom is -0.353 e. The Bertz CT molecular complexity index is 1360. The standard InChI is InChI=1S/C27H34N4O2S2/c1-27(2,3)19-10-12-20(13-11-19)35(32,33)31-16-14-30(15-17-31)25-23-21-6-4-5-7-22(21)34-26(23)29-24(28-25)18-8-9-18/h10-13,18H,4-9,14-17H2,1-3H3. The third-order valence-corrected chi connectivity index (χ3v) is 10.8. The van der Waals surface area contributed by atoms with Crippen LogP contribution < -0.4 is 4.90 Å². The quantitative estimate of drug-likeness (QED) is 0.479. The van der Waals surface area contributed by atoms with Crippen molar-refractivity contribution in [3.05, 3.63) is 46.1 Å². The van der Waals surface area contributed by atoms with Gasteiger partial charge < -0.3 is 4.90 Å². The first-order valence-corrected chi connectivity index (χ1v) is 15.2. The molecule has 3 aliphatic rings. The molecule has 6 nitrogen and oxygen atoms in total. The smallest absolute Gasteiger partial charge is 0.243 e. The first-order chi connectivity index (χ1) is 16.7. The average Bonchev–Trinajstić information content (AvgIpc) is 3.63. The molecule has 0 spiro atoms. The van der Waals surface area contributed by atoms with Crippen LogP contribution in [-0.2, 0) is 28.3 Å². The van der Waals surface area contributed by atoms with Gasteiger partial charge in [-0.1, -0.05) is 32.9 Å². The molecule has 1 aromatic carbocycles. The number of aryl methyl sites for hydroxylation is 2. The van der Waals surface area contributed by atoms with Gasteiger partial charge in [-0.05, 0) is 67.2 Å². The van der Waals surface area contributed by atoms with Crippen molar-refractivity contribution in [2.45, 2.75) is 75.5 Å². The van der Waals surface area contributed by atoms with Gasteiger partial charge in [0.05, 0.1) is 10.3 Å². The zero-order valence-electron chi connectivity index (χ0n) is 20.9. The van der Waals surface area contributed by atoms with Crippen LogP contribution in [-0.4, -0.2) is 48.9 Å². The molecule has 6 rings (SSSR count). The summed E-state index contributed by atoms with van der Waals surface area (Å²) in [6, 6.07) is 7.41. The predicted octanol–water partition coefficient (Wildman–Crippen LogP) is 5.26.